The summed E-state index contributed by atoms with van der Waals surface area (Å²) in [7, 11) is 1.58. The third kappa shape index (κ3) is 2.50. The number of carbonyl (C=O) groups is 2. The molecule has 0 bridgehead atoms. The number of hydrogen-bond donors (Lipinski definition) is 3. The minimum Gasteiger partial charge on any atom is -0.508 e. The summed E-state index contributed by atoms with van der Waals surface area (Å²) in [5.41, 5.74) is 1.92. The number of methoxy groups -OCH3 is 1. The normalized spacial score (nSPS) is 20.8. The van der Waals surface area contributed by atoms with E-state index >= 15 is 0 Å². The summed E-state index contributed by atoms with van der Waals surface area (Å²) in [6.45, 7) is 1.29. The lowest BCUT2D eigenvalue weighted by Gasteiger charge is -2.25. The molecular formula is C15H17N3O4. The van der Waals surface area contributed by atoms with Gasteiger partial charge in [0.15, 0.2) is 0 Å². The summed E-state index contributed by atoms with van der Waals surface area (Å²) in [5, 5.41) is 14.9. The van der Waals surface area contributed by atoms with E-state index in [2.05, 4.69) is 10.6 Å². The van der Waals surface area contributed by atoms with Crippen LogP contribution in [-0.2, 0) is 9.53 Å². The first-order chi connectivity index (χ1) is 10.6. The number of ether oxygens (including phenoxy) is 1. The number of carbonyl (C=O) groups excluding carboxylic acids is 2. The van der Waals surface area contributed by atoms with E-state index in [0.29, 0.717) is 31.0 Å². The van der Waals surface area contributed by atoms with Crippen molar-refractivity contribution in [3.63, 3.8) is 0 Å². The summed E-state index contributed by atoms with van der Waals surface area (Å²) >= 11 is 0. The smallest absolute Gasteiger partial charge is 0.319 e. The number of aromatic hydroxyl groups is 1. The predicted molar refractivity (Wildman–Crippen MR) is 78.0 cm³/mol. The summed E-state index contributed by atoms with van der Waals surface area (Å²) in [6, 6.07) is 5.61. The average Bonchev–Trinajstić information content (AvgIpc) is 2.81. The Kier molecular flexibility index (Phi) is 3.72. The highest BCUT2D eigenvalue weighted by molar-refractivity contribution is 6.01. The second-order valence-electron chi connectivity index (χ2n) is 5.23. The Balaban J connectivity index is 1.90. The highest BCUT2D eigenvalue weighted by Crippen LogP contribution is 2.32. The Labute approximate surface area is 127 Å². The maximum Gasteiger partial charge on any atom is 0.319 e. The highest BCUT2D eigenvalue weighted by atomic mass is 16.5. The van der Waals surface area contributed by atoms with Crippen LogP contribution in [0.15, 0.2) is 35.5 Å². The van der Waals surface area contributed by atoms with Gasteiger partial charge in [0.25, 0.3) is 5.91 Å². The third-order valence-electron chi connectivity index (χ3n) is 3.81. The van der Waals surface area contributed by atoms with Crippen molar-refractivity contribution in [2.75, 3.05) is 26.8 Å². The fourth-order valence-electron chi connectivity index (χ4n) is 2.73. The molecule has 2 aliphatic rings. The standard InChI is InChI=1S/C15H17N3O4/c1-22-7-6-18-8-11-12(14(18)20)13(17-15(21)16-11)9-2-4-10(19)5-3-9/h2-5,13,19H,6-8H2,1H3,(H2,16,17,21)/t13-/m1/s1. The highest BCUT2D eigenvalue weighted by Gasteiger charge is 2.40. The van der Waals surface area contributed by atoms with Crippen LogP contribution in [0.3, 0.4) is 0 Å². The molecule has 2 aliphatic heterocycles. The second-order valence-corrected chi connectivity index (χ2v) is 5.23. The first-order valence-electron chi connectivity index (χ1n) is 6.98. The molecule has 0 fully saturated rings. The molecular weight excluding hydrogens is 286 g/mol. The number of rotatable bonds is 4. The van der Waals surface area contributed by atoms with Gasteiger partial charge in [0.05, 0.1) is 30.5 Å². The van der Waals surface area contributed by atoms with Crippen LogP contribution in [-0.4, -0.2) is 48.8 Å². The van der Waals surface area contributed by atoms with E-state index in [1.807, 2.05) is 0 Å². The molecule has 0 aliphatic carbocycles. The maximum atomic E-state index is 12.6. The number of nitrogens with one attached hydrogen (secondary N) is 2. The van der Waals surface area contributed by atoms with E-state index in [1.54, 1.807) is 24.1 Å². The molecule has 2 heterocycles. The van der Waals surface area contributed by atoms with Crippen LogP contribution in [0.2, 0.25) is 0 Å². The molecule has 1 aromatic rings. The maximum absolute atomic E-state index is 12.6. The molecule has 0 saturated carbocycles. The van der Waals surface area contributed by atoms with Crippen molar-refractivity contribution in [1.29, 1.82) is 0 Å². The van der Waals surface area contributed by atoms with Gasteiger partial charge < -0.3 is 25.4 Å². The number of nitrogens with zero attached hydrogens (tertiary/aromatic N) is 1. The van der Waals surface area contributed by atoms with Gasteiger partial charge in [-0.05, 0) is 17.7 Å². The van der Waals surface area contributed by atoms with E-state index in [-0.39, 0.29) is 17.7 Å². The van der Waals surface area contributed by atoms with Gasteiger partial charge in [-0.3, -0.25) is 4.79 Å². The lowest BCUT2D eigenvalue weighted by Crippen LogP contribution is -2.44. The van der Waals surface area contributed by atoms with Gasteiger partial charge in [-0.25, -0.2) is 4.79 Å². The van der Waals surface area contributed by atoms with Gasteiger partial charge in [0, 0.05) is 13.7 Å². The van der Waals surface area contributed by atoms with Crippen LogP contribution in [0, 0.1) is 0 Å². The SMILES string of the molecule is COCCN1CC2=C(C1=O)[C@@H](c1ccc(O)cc1)NC(=O)N2. The largest absolute Gasteiger partial charge is 0.508 e. The topological polar surface area (TPSA) is 90.9 Å². The molecule has 7 heteroatoms. The van der Waals surface area contributed by atoms with Gasteiger partial charge in [0.2, 0.25) is 0 Å². The molecule has 1 aromatic carbocycles. The molecule has 0 unspecified atom stereocenters. The zero-order valence-corrected chi connectivity index (χ0v) is 12.1. The molecule has 22 heavy (non-hydrogen) atoms. The van der Waals surface area contributed by atoms with Crippen molar-refractivity contribution >= 4 is 11.9 Å². The number of benzene rings is 1. The van der Waals surface area contributed by atoms with Crippen molar-refractivity contribution in [2.24, 2.45) is 0 Å². The molecule has 7 nitrogen and oxygen atoms in total. The molecule has 1 atom stereocenters. The van der Waals surface area contributed by atoms with E-state index in [1.165, 1.54) is 12.1 Å². The average molecular weight is 303 g/mol. The number of phenols is 1. The monoisotopic (exact) mass is 303 g/mol. The van der Waals surface area contributed by atoms with Crippen LogP contribution < -0.4 is 10.6 Å². The van der Waals surface area contributed by atoms with Crippen molar-refractivity contribution in [3.8, 4) is 5.75 Å². The van der Waals surface area contributed by atoms with Crippen molar-refractivity contribution in [2.45, 2.75) is 6.04 Å². The van der Waals surface area contributed by atoms with E-state index < -0.39 is 6.04 Å². The van der Waals surface area contributed by atoms with E-state index in [4.69, 9.17) is 4.74 Å². The van der Waals surface area contributed by atoms with E-state index in [9.17, 15) is 14.7 Å². The molecule has 0 aromatic heterocycles. The molecule has 3 N–H and O–H groups in total. The summed E-state index contributed by atoms with van der Waals surface area (Å²) in [5.74, 6) is 0.0234. The Morgan fingerprint density at radius 1 is 1.32 bits per heavy atom. The summed E-state index contributed by atoms with van der Waals surface area (Å²) in [4.78, 5) is 26.0. The van der Waals surface area contributed by atoms with Crippen LogP contribution in [0.4, 0.5) is 4.79 Å². The minimum atomic E-state index is -0.510. The number of phenolic OH excluding ortho intramolecular Hbond substituents is 1. The van der Waals surface area contributed by atoms with E-state index in [0.717, 1.165) is 5.56 Å². The molecule has 0 spiro atoms. The van der Waals surface area contributed by atoms with Gasteiger partial charge >= 0.3 is 6.03 Å². The van der Waals surface area contributed by atoms with Crippen LogP contribution in [0.1, 0.15) is 11.6 Å². The number of urea groups is 1. The zero-order valence-electron chi connectivity index (χ0n) is 12.1. The first-order valence-corrected chi connectivity index (χ1v) is 6.98. The van der Waals surface area contributed by atoms with Gasteiger partial charge in [-0.2, -0.15) is 0 Å². The van der Waals surface area contributed by atoms with Crippen molar-refractivity contribution in [1.82, 2.24) is 15.5 Å². The fourth-order valence-corrected chi connectivity index (χ4v) is 2.73. The fraction of sp³-hybridized carbons (Fsp3) is 0.333. The molecule has 3 rings (SSSR count). The summed E-state index contributed by atoms with van der Waals surface area (Å²) in [6.07, 6.45) is 0. The van der Waals surface area contributed by atoms with Gasteiger partial charge in [-0.1, -0.05) is 12.1 Å². The lowest BCUT2D eigenvalue weighted by molar-refractivity contribution is -0.126. The second kappa shape index (κ2) is 5.69. The van der Waals surface area contributed by atoms with Crippen LogP contribution >= 0.6 is 0 Å². The summed E-state index contributed by atoms with van der Waals surface area (Å²) < 4.78 is 5.01. The quantitative estimate of drug-likeness (QED) is 0.755. The third-order valence-corrected chi connectivity index (χ3v) is 3.81. The van der Waals surface area contributed by atoms with Gasteiger partial charge in [-0.15, -0.1) is 0 Å². The zero-order chi connectivity index (χ0) is 15.7. The minimum absolute atomic E-state index is 0.113. The van der Waals surface area contributed by atoms with Crippen molar-refractivity contribution in [3.05, 3.63) is 41.1 Å². The van der Waals surface area contributed by atoms with Crippen LogP contribution in [0.5, 0.6) is 5.75 Å². The first kappa shape index (κ1) is 14.4. The van der Waals surface area contributed by atoms with Gasteiger partial charge in [0.1, 0.15) is 5.75 Å². The molecule has 0 saturated heterocycles. The Bertz CT molecular complexity index is 639. The van der Waals surface area contributed by atoms with Crippen molar-refractivity contribution < 1.29 is 19.4 Å². The predicted octanol–water partition coefficient (Wildman–Crippen LogP) is 0.489. The molecule has 3 amide bonds. The number of hydrogen-bond acceptors (Lipinski definition) is 4. The number of amides is 3. The Morgan fingerprint density at radius 3 is 2.73 bits per heavy atom. The Morgan fingerprint density at radius 2 is 2.05 bits per heavy atom. The van der Waals surface area contributed by atoms with Crippen LogP contribution in [0.25, 0.3) is 0 Å². The molecule has 0 radical (unpaired) electrons. The molecule has 116 valence electrons. The lowest BCUT2D eigenvalue weighted by atomic mass is 9.96. The Hall–Kier alpha value is -2.54.